The van der Waals surface area contributed by atoms with Crippen molar-refractivity contribution in [3.63, 3.8) is 0 Å². The second-order valence-corrected chi connectivity index (χ2v) is 6.14. The third-order valence-electron chi connectivity index (χ3n) is 2.88. The molecular formula is C15H19N5O3. The average molecular weight is 317 g/mol. The zero-order chi connectivity index (χ0) is 17.0. The van der Waals surface area contributed by atoms with Crippen LogP contribution in [0.2, 0.25) is 0 Å². The number of carbonyl (C=O) groups is 2. The number of aromatic nitrogens is 3. The van der Waals surface area contributed by atoms with Crippen LogP contribution in [0.4, 0.5) is 0 Å². The predicted molar refractivity (Wildman–Crippen MR) is 84.7 cm³/mol. The van der Waals surface area contributed by atoms with Gasteiger partial charge in [-0.1, -0.05) is 17.3 Å². The van der Waals surface area contributed by atoms with Crippen LogP contribution < -0.4 is 16.2 Å². The molecule has 0 spiro atoms. The van der Waals surface area contributed by atoms with E-state index in [1.54, 1.807) is 24.3 Å². The molecule has 2 N–H and O–H groups in total. The van der Waals surface area contributed by atoms with Crippen molar-refractivity contribution < 1.29 is 9.59 Å². The summed E-state index contributed by atoms with van der Waals surface area (Å²) in [7, 11) is 0. The normalized spacial score (nSPS) is 11.3. The van der Waals surface area contributed by atoms with Crippen molar-refractivity contribution in [2.75, 3.05) is 6.54 Å². The molecule has 2 amide bonds. The Morgan fingerprint density at radius 2 is 1.87 bits per heavy atom. The molecule has 8 heteroatoms. The van der Waals surface area contributed by atoms with E-state index in [9.17, 15) is 14.4 Å². The van der Waals surface area contributed by atoms with Crippen LogP contribution in [-0.4, -0.2) is 38.9 Å². The van der Waals surface area contributed by atoms with Gasteiger partial charge in [0, 0.05) is 5.54 Å². The number of nitrogens with one attached hydrogen (secondary N) is 2. The van der Waals surface area contributed by atoms with E-state index in [1.165, 1.54) is 0 Å². The summed E-state index contributed by atoms with van der Waals surface area (Å²) in [5.74, 6) is -0.788. The van der Waals surface area contributed by atoms with E-state index in [-0.39, 0.29) is 24.5 Å². The Hall–Kier alpha value is -2.77. The zero-order valence-electron chi connectivity index (χ0n) is 13.3. The van der Waals surface area contributed by atoms with Gasteiger partial charge in [0.1, 0.15) is 12.1 Å². The summed E-state index contributed by atoms with van der Waals surface area (Å²) < 4.78 is 0.972. The molecule has 2 aromatic rings. The quantitative estimate of drug-likeness (QED) is 0.814. The second kappa shape index (κ2) is 6.55. The average Bonchev–Trinajstić information content (AvgIpc) is 2.47. The van der Waals surface area contributed by atoms with Crippen molar-refractivity contribution in [3.05, 3.63) is 34.6 Å². The third-order valence-corrected chi connectivity index (χ3v) is 2.88. The molecule has 1 aromatic carbocycles. The molecule has 8 nitrogen and oxygen atoms in total. The van der Waals surface area contributed by atoms with Crippen LogP contribution in [0.25, 0.3) is 10.9 Å². The molecule has 1 aromatic heterocycles. The fourth-order valence-electron chi connectivity index (χ4n) is 1.96. The number of hydrogen-bond donors (Lipinski definition) is 2. The van der Waals surface area contributed by atoms with E-state index >= 15 is 0 Å². The minimum Gasteiger partial charge on any atom is -0.350 e. The molecule has 23 heavy (non-hydrogen) atoms. The standard InChI is InChI=1S/C15H19N5O3/c1-15(2,3)17-12(21)8-16-13(22)9-20-14(23)10-6-4-5-7-11(10)18-19-20/h4-7H,8-9H2,1-3H3,(H,16,22)(H,17,21). The van der Waals surface area contributed by atoms with Crippen molar-refractivity contribution in [2.24, 2.45) is 0 Å². The van der Waals surface area contributed by atoms with Gasteiger partial charge in [-0.2, -0.15) is 0 Å². The fourth-order valence-corrected chi connectivity index (χ4v) is 1.96. The van der Waals surface area contributed by atoms with Gasteiger partial charge in [-0.3, -0.25) is 14.4 Å². The summed E-state index contributed by atoms with van der Waals surface area (Å²) in [6, 6.07) is 6.76. The van der Waals surface area contributed by atoms with Crippen LogP contribution in [0, 0.1) is 0 Å². The maximum absolute atomic E-state index is 12.2. The van der Waals surface area contributed by atoms with E-state index < -0.39 is 11.5 Å². The SMILES string of the molecule is CC(C)(C)NC(=O)CNC(=O)Cn1nnc2ccccc2c1=O. The Bertz CT molecular complexity index is 792. The minimum absolute atomic E-state index is 0.161. The number of carbonyl (C=O) groups excluding carboxylic acids is 2. The van der Waals surface area contributed by atoms with Crippen LogP contribution in [0.15, 0.2) is 29.1 Å². The van der Waals surface area contributed by atoms with Crippen molar-refractivity contribution >= 4 is 22.7 Å². The molecule has 0 aliphatic carbocycles. The van der Waals surface area contributed by atoms with E-state index in [1.807, 2.05) is 20.8 Å². The Morgan fingerprint density at radius 3 is 2.57 bits per heavy atom. The molecule has 0 aliphatic rings. The fraction of sp³-hybridized carbons (Fsp3) is 0.400. The van der Waals surface area contributed by atoms with Gasteiger partial charge in [0.2, 0.25) is 11.8 Å². The van der Waals surface area contributed by atoms with Gasteiger partial charge in [0.25, 0.3) is 5.56 Å². The first-order valence-corrected chi connectivity index (χ1v) is 7.16. The molecule has 0 atom stereocenters. The summed E-state index contributed by atoms with van der Waals surface area (Å²) in [6.45, 7) is 5.08. The van der Waals surface area contributed by atoms with Crippen molar-refractivity contribution in [2.45, 2.75) is 32.9 Å². The first-order chi connectivity index (χ1) is 10.8. The van der Waals surface area contributed by atoms with Crippen LogP contribution >= 0.6 is 0 Å². The predicted octanol–water partition coefficient (Wildman–Crippen LogP) is -0.178. The molecule has 0 saturated heterocycles. The zero-order valence-corrected chi connectivity index (χ0v) is 13.3. The summed E-state index contributed by atoms with van der Waals surface area (Å²) >= 11 is 0. The number of rotatable bonds is 4. The van der Waals surface area contributed by atoms with Gasteiger partial charge < -0.3 is 10.6 Å². The molecule has 0 aliphatic heterocycles. The maximum atomic E-state index is 12.2. The second-order valence-electron chi connectivity index (χ2n) is 6.14. The van der Waals surface area contributed by atoms with E-state index in [0.717, 1.165) is 4.68 Å². The molecular weight excluding hydrogens is 298 g/mol. The lowest BCUT2D eigenvalue weighted by molar-refractivity contribution is -0.127. The Balaban J connectivity index is 2.00. The molecule has 0 radical (unpaired) electrons. The molecule has 0 saturated carbocycles. The molecule has 0 fully saturated rings. The Morgan fingerprint density at radius 1 is 1.17 bits per heavy atom. The lowest BCUT2D eigenvalue weighted by Gasteiger charge is -2.20. The van der Waals surface area contributed by atoms with Gasteiger partial charge in [-0.25, -0.2) is 4.68 Å². The van der Waals surface area contributed by atoms with Crippen molar-refractivity contribution in [1.82, 2.24) is 25.6 Å². The lowest BCUT2D eigenvalue weighted by Crippen LogP contribution is -2.46. The summed E-state index contributed by atoms with van der Waals surface area (Å²) in [4.78, 5) is 35.7. The number of fused-ring (bicyclic) bond motifs is 1. The number of nitrogens with zero attached hydrogens (tertiary/aromatic N) is 3. The number of benzene rings is 1. The first-order valence-electron chi connectivity index (χ1n) is 7.16. The summed E-state index contributed by atoms with van der Waals surface area (Å²) in [6.07, 6.45) is 0. The van der Waals surface area contributed by atoms with Crippen LogP contribution in [0.3, 0.4) is 0 Å². The van der Waals surface area contributed by atoms with Crippen molar-refractivity contribution in [3.8, 4) is 0 Å². The smallest absolute Gasteiger partial charge is 0.278 e. The Kier molecular flexibility index (Phi) is 4.73. The third kappa shape index (κ3) is 4.60. The highest BCUT2D eigenvalue weighted by Gasteiger charge is 2.15. The minimum atomic E-state index is -0.485. The molecule has 0 bridgehead atoms. The van der Waals surface area contributed by atoms with Crippen LogP contribution in [-0.2, 0) is 16.1 Å². The molecule has 122 valence electrons. The van der Waals surface area contributed by atoms with Gasteiger partial charge >= 0.3 is 0 Å². The topological polar surface area (TPSA) is 106 Å². The molecule has 1 heterocycles. The molecule has 0 unspecified atom stereocenters. The number of hydrogen-bond acceptors (Lipinski definition) is 5. The Labute approximate surface area is 132 Å². The highest BCUT2D eigenvalue weighted by molar-refractivity contribution is 5.85. The van der Waals surface area contributed by atoms with Crippen LogP contribution in [0.1, 0.15) is 20.8 Å². The van der Waals surface area contributed by atoms with Crippen LogP contribution in [0.5, 0.6) is 0 Å². The van der Waals surface area contributed by atoms with Crippen molar-refractivity contribution in [1.29, 1.82) is 0 Å². The largest absolute Gasteiger partial charge is 0.350 e. The van der Waals surface area contributed by atoms with E-state index in [4.69, 9.17) is 0 Å². The van der Waals surface area contributed by atoms with Gasteiger partial charge in [-0.15, -0.1) is 5.10 Å². The lowest BCUT2D eigenvalue weighted by atomic mass is 10.1. The number of amides is 2. The first kappa shape index (κ1) is 16.6. The van der Waals surface area contributed by atoms with Gasteiger partial charge in [-0.05, 0) is 32.9 Å². The summed E-state index contributed by atoms with van der Waals surface area (Å²) in [5.41, 5.74) is -0.300. The van der Waals surface area contributed by atoms with E-state index in [0.29, 0.717) is 10.9 Å². The monoisotopic (exact) mass is 317 g/mol. The maximum Gasteiger partial charge on any atom is 0.278 e. The van der Waals surface area contributed by atoms with Gasteiger partial charge in [0.15, 0.2) is 0 Å². The van der Waals surface area contributed by atoms with E-state index in [2.05, 4.69) is 20.9 Å². The highest BCUT2D eigenvalue weighted by Crippen LogP contribution is 2.03. The summed E-state index contributed by atoms with van der Waals surface area (Å²) in [5, 5.41) is 13.2. The van der Waals surface area contributed by atoms with Gasteiger partial charge in [0.05, 0.1) is 11.9 Å². The highest BCUT2D eigenvalue weighted by atomic mass is 16.2. The molecule has 2 rings (SSSR count).